The minimum absolute atomic E-state index is 0.0147. The molecule has 9 heteroatoms. The fourth-order valence-corrected chi connectivity index (χ4v) is 5.95. The van der Waals surface area contributed by atoms with Crippen LogP contribution >= 0.6 is 0 Å². The van der Waals surface area contributed by atoms with Crippen molar-refractivity contribution in [1.82, 2.24) is 9.62 Å². The lowest BCUT2D eigenvalue weighted by Gasteiger charge is -2.32. The number of nitrogens with one attached hydrogen (secondary N) is 1. The van der Waals surface area contributed by atoms with Gasteiger partial charge in [-0.2, -0.15) is 4.31 Å². The van der Waals surface area contributed by atoms with Crippen LogP contribution < -0.4 is 19.5 Å². The highest BCUT2D eigenvalue weighted by Gasteiger charge is 2.33. The summed E-state index contributed by atoms with van der Waals surface area (Å²) in [6.45, 7) is 2.72. The number of methoxy groups -OCH3 is 3. The van der Waals surface area contributed by atoms with Gasteiger partial charge in [-0.3, -0.25) is 4.79 Å². The second kappa shape index (κ2) is 10.9. The number of piperidine rings is 1. The van der Waals surface area contributed by atoms with Crippen molar-refractivity contribution in [3.8, 4) is 17.2 Å². The lowest BCUT2D eigenvalue weighted by atomic mass is 10.1. The van der Waals surface area contributed by atoms with Crippen molar-refractivity contribution in [2.45, 2.75) is 43.5 Å². The van der Waals surface area contributed by atoms with E-state index in [9.17, 15) is 13.2 Å². The Morgan fingerprint density at radius 1 is 1.03 bits per heavy atom. The summed E-state index contributed by atoms with van der Waals surface area (Å²) in [6.07, 6.45) is 3.17. The van der Waals surface area contributed by atoms with Crippen LogP contribution in [0.5, 0.6) is 17.2 Å². The predicted octanol–water partition coefficient (Wildman–Crippen LogP) is 3.25. The van der Waals surface area contributed by atoms with E-state index in [4.69, 9.17) is 14.2 Å². The van der Waals surface area contributed by atoms with Crippen molar-refractivity contribution in [2.75, 3.05) is 34.4 Å². The van der Waals surface area contributed by atoms with E-state index in [1.165, 1.54) is 23.5 Å². The zero-order valence-corrected chi connectivity index (χ0v) is 20.4. The first-order valence-electron chi connectivity index (χ1n) is 11.0. The van der Waals surface area contributed by atoms with Crippen molar-refractivity contribution in [1.29, 1.82) is 0 Å². The zero-order valence-electron chi connectivity index (χ0n) is 19.6. The lowest BCUT2D eigenvalue weighted by Crippen LogP contribution is -2.42. The highest BCUT2D eigenvalue weighted by atomic mass is 32.2. The third-order valence-corrected chi connectivity index (χ3v) is 7.96. The highest BCUT2D eigenvalue weighted by molar-refractivity contribution is 7.89. The van der Waals surface area contributed by atoms with E-state index in [0.29, 0.717) is 31.0 Å². The van der Waals surface area contributed by atoms with E-state index in [1.807, 2.05) is 25.1 Å². The Bertz CT molecular complexity index is 1090. The van der Waals surface area contributed by atoms with Gasteiger partial charge in [-0.15, -0.1) is 0 Å². The van der Waals surface area contributed by atoms with E-state index in [1.54, 1.807) is 20.3 Å². The molecule has 0 bridgehead atoms. The van der Waals surface area contributed by atoms with Crippen molar-refractivity contribution in [2.24, 2.45) is 0 Å². The van der Waals surface area contributed by atoms with Crippen LogP contribution in [0.25, 0.3) is 0 Å². The molecule has 33 heavy (non-hydrogen) atoms. The quantitative estimate of drug-likeness (QED) is 0.597. The van der Waals surface area contributed by atoms with Gasteiger partial charge in [0.1, 0.15) is 22.1 Å². The molecule has 1 saturated heterocycles. The van der Waals surface area contributed by atoms with Crippen LogP contribution in [0.4, 0.5) is 0 Å². The SMILES string of the molecule is COc1ccc(OC)c(CCNC(=O)c2ccc(OC)c(S(=O)(=O)N3CCCCC3C)c2)c1. The molecule has 0 aliphatic carbocycles. The normalized spacial score (nSPS) is 16.8. The molecule has 1 amide bonds. The molecule has 1 aliphatic heterocycles. The first-order chi connectivity index (χ1) is 15.8. The van der Waals surface area contributed by atoms with E-state index in [2.05, 4.69) is 5.32 Å². The Balaban J connectivity index is 1.77. The number of hydrogen-bond donors (Lipinski definition) is 1. The van der Waals surface area contributed by atoms with Crippen molar-refractivity contribution in [3.63, 3.8) is 0 Å². The number of carbonyl (C=O) groups is 1. The van der Waals surface area contributed by atoms with Gasteiger partial charge in [0.25, 0.3) is 5.91 Å². The first kappa shape index (κ1) is 24.9. The third kappa shape index (κ3) is 5.59. The highest BCUT2D eigenvalue weighted by Crippen LogP contribution is 2.31. The molecular formula is C24H32N2O6S. The minimum atomic E-state index is -3.79. The molecule has 1 heterocycles. The summed E-state index contributed by atoms with van der Waals surface area (Å²) in [5, 5.41) is 2.86. The standard InChI is InChI=1S/C24H32N2O6S/c1-17-7-5-6-14-26(17)33(28,29)23-16-19(8-10-22(23)32-4)24(27)25-13-12-18-15-20(30-2)9-11-21(18)31-3/h8-11,15-17H,5-7,12-14H2,1-4H3,(H,25,27). The Morgan fingerprint density at radius 2 is 1.76 bits per heavy atom. The average molecular weight is 477 g/mol. The summed E-state index contributed by atoms with van der Waals surface area (Å²) in [5.74, 6) is 1.28. The first-order valence-corrected chi connectivity index (χ1v) is 12.4. The topological polar surface area (TPSA) is 94.2 Å². The Kier molecular flexibility index (Phi) is 8.20. The number of benzene rings is 2. The van der Waals surface area contributed by atoms with E-state index < -0.39 is 10.0 Å². The lowest BCUT2D eigenvalue weighted by molar-refractivity contribution is 0.0953. The van der Waals surface area contributed by atoms with Crippen LogP contribution in [0.15, 0.2) is 41.3 Å². The summed E-state index contributed by atoms with van der Waals surface area (Å²) in [4.78, 5) is 12.8. The van der Waals surface area contributed by atoms with Crippen LogP contribution in [-0.2, 0) is 16.4 Å². The van der Waals surface area contributed by atoms with Crippen LogP contribution in [0.2, 0.25) is 0 Å². The van der Waals surface area contributed by atoms with Crippen LogP contribution in [0, 0.1) is 0 Å². The summed E-state index contributed by atoms with van der Waals surface area (Å²) >= 11 is 0. The zero-order chi connectivity index (χ0) is 24.0. The Hall–Kier alpha value is -2.78. The second-order valence-electron chi connectivity index (χ2n) is 8.01. The molecule has 180 valence electrons. The summed E-state index contributed by atoms with van der Waals surface area (Å²) < 4.78 is 44.2. The maximum absolute atomic E-state index is 13.4. The Labute approximate surface area is 195 Å². The van der Waals surface area contributed by atoms with Gasteiger partial charge in [0.05, 0.1) is 21.3 Å². The van der Waals surface area contributed by atoms with Crippen molar-refractivity contribution in [3.05, 3.63) is 47.5 Å². The van der Waals surface area contributed by atoms with Gasteiger partial charge in [0.2, 0.25) is 10.0 Å². The maximum Gasteiger partial charge on any atom is 0.251 e. The van der Waals surface area contributed by atoms with Crippen molar-refractivity contribution < 1.29 is 27.4 Å². The molecule has 0 radical (unpaired) electrons. The molecule has 0 saturated carbocycles. The summed E-state index contributed by atoms with van der Waals surface area (Å²) in [5.41, 5.74) is 1.16. The second-order valence-corrected chi connectivity index (χ2v) is 9.87. The number of amides is 1. The van der Waals surface area contributed by atoms with E-state index in [-0.39, 0.29) is 28.2 Å². The molecule has 1 atom stereocenters. The molecular weight excluding hydrogens is 444 g/mol. The molecule has 1 N–H and O–H groups in total. The monoisotopic (exact) mass is 476 g/mol. The number of rotatable bonds is 9. The average Bonchev–Trinajstić information content (AvgIpc) is 2.83. The fraction of sp³-hybridized carbons (Fsp3) is 0.458. The summed E-state index contributed by atoms with van der Waals surface area (Å²) in [7, 11) is 0.814. The molecule has 0 aromatic heterocycles. The number of hydrogen-bond acceptors (Lipinski definition) is 6. The van der Waals surface area contributed by atoms with Gasteiger partial charge in [-0.1, -0.05) is 6.42 Å². The number of sulfonamides is 1. The van der Waals surface area contributed by atoms with Gasteiger partial charge < -0.3 is 19.5 Å². The smallest absolute Gasteiger partial charge is 0.251 e. The van der Waals surface area contributed by atoms with Crippen LogP contribution in [-0.4, -0.2) is 59.1 Å². The van der Waals surface area contributed by atoms with E-state index >= 15 is 0 Å². The predicted molar refractivity (Wildman–Crippen MR) is 126 cm³/mol. The number of nitrogens with zero attached hydrogens (tertiary/aromatic N) is 1. The van der Waals surface area contributed by atoms with Gasteiger partial charge in [0.15, 0.2) is 0 Å². The molecule has 1 unspecified atom stereocenters. The minimum Gasteiger partial charge on any atom is -0.497 e. The van der Waals surface area contributed by atoms with E-state index in [0.717, 1.165) is 24.8 Å². The largest absolute Gasteiger partial charge is 0.497 e. The van der Waals surface area contributed by atoms with Crippen LogP contribution in [0.3, 0.4) is 0 Å². The molecule has 0 spiro atoms. The Morgan fingerprint density at radius 3 is 2.42 bits per heavy atom. The molecule has 3 rings (SSSR count). The van der Waals surface area contributed by atoms with Crippen molar-refractivity contribution >= 4 is 15.9 Å². The number of carbonyl (C=O) groups excluding carboxylic acids is 1. The fourth-order valence-electron chi connectivity index (χ4n) is 4.06. The van der Waals surface area contributed by atoms with Crippen LogP contribution in [0.1, 0.15) is 42.1 Å². The van der Waals surface area contributed by atoms with Gasteiger partial charge in [-0.05, 0) is 68.1 Å². The molecule has 2 aromatic rings. The molecule has 1 fully saturated rings. The van der Waals surface area contributed by atoms with Gasteiger partial charge >= 0.3 is 0 Å². The third-order valence-electron chi connectivity index (χ3n) is 5.92. The summed E-state index contributed by atoms with van der Waals surface area (Å²) in [6, 6.07) is 9.89. The molecule has 2 aromatic carbocycles. The number of ether oxygens (including phenoxy) is 3. The van der Waals surface area contributed by atoms with Gasteiger partial charge in [-0.25, -0.2) is 8.42 Å². The maximum atomic E-state index is 13.4. The molecule has 8 nitrogen and oxygen atoms in total. The van der Waals surface area contributed by atoms with Gasteiger partial charge in [0, 0.05) is 24.7 Å². The molecule has 1 aliphatic rings.